The number of hydrogen-bond donors (Lipinski definition) is 2. The van der Waals surface area contributed by atoms with Crippen molar-refractivity contribution in [2.75, 3.05) is 17.4 Å². The average Bonchev–Trinajstić information content (AvgIpc) is 3.32. The standard InChI is InChI=1S/C20H18ClN5O4/c1-11-14(21)4-3-5-15(11)23-20(28)19-12(2)26(25-24-19)9-18(27)22-13-6-7-16-17(8-13)30-10-29-16/h3-8H,9-10H2,1-2H3,(H,22,27)(H,23,28). The third-order valence-corrected chi connectivity index (χ3v) is 5.07. The van der Waals surface area contributed by atoms with Gasteiger partial charge in [-0.05, 0) is 43.7 Å². The second-order valence-corrected chi connectivity index (χ2v) is 7.07. The number of nitrogens with zero attached hydrogens (tertiary/aromatic N) is 3. The van der Waals surface area contributed by atoms with Crippen molar-refractivity contribution in [3.8, 4) is 11.5 Å². The number of fused-ring (bicyclic) bond motifs is 1. The van der Waals surface area contributed by atoms with Crippen LogP contribution in [-0.2, 0) is 11.3 Å². The van der Waals surface area contributed by atoms with Gasteiger partial charge >= 0.3 is 0 Å². The first-order valence-corrected chi connectivity index (χ1v) is 9.46. The Bertz CT molecular complexity index is 1140. The number of nitrogens with one attached hydrogen (secondary N) is 2. The molecule has 0 saturated carbocycles. The van der Waals surface area contributed by atoms with Crippen LogP contribution in [0.25, 0.3) is 0 Å². The first-order chi connectivity index (χ1) is 14.4. The van der Waals surface area contributed by atoms with Crippen LogP contribution >= 0.6 is 11.6 Å². The van der Waals surface area contributed by atoms with E-state index in [1.165, 1.54) is 4.68 Å². The molecule has 0 radical (unpaired) electrons. The predicted molar refractivity (Wildman–Crippen MR) is 110 cm³/mol. The van der Waals surface area contributed by atoms with Gasteiger partial charge in [0.1, 0.15) is 6.54 Å². The molecule has 10 heteroatoms. The molecular formula is C20H18ClN5O4. The molecule has 30 heavy (non-hydrogen) atoms. The van der Waals surface area contributed by atoms with E-state index in [0.717, 1.165) is 5.56 Å². The maximum absolute atomic E-state index is 12.6. The van der Waals surface area contributed by atoms with Gasteiger partial charge in [-0.2, -0.15) is 0 Å². The zero-order valence-electron chi connectivity index (χ0n) is 16.2. The Morgan fingerprint density at radius 3 is 2.77 bits per heavy atom. The molecule has 2 N–H and O–H groups in total. The second kappa shape index (κ2) is 8.03. The summed E-state index contributed by atoms with van der Waals surface area (Å²) in [6.45, 7) is 3.54. The second-order valence-electron chi connectivity index (χ2n) is 6.66. The molecule has 0 saturated heterocycles. The van der Waals surface area contributed by atoms with E-state index < -0.39 is 5.91 Å². The van der Waals surface area contributed by atoms with Crippen molar-refractivity contribution in [2.45, 2.75) is 20.4 Å². The summed E-state index contributed by atoms with van der Waals surface area (Å²) in [7, 11) is 0. The summed E-state index contributed by atoms with van der Waals surface area (Å²) < 4.78 is 11.9. The largest absolute Gasteiger partial charge is 0.454 e. The zero-order valence-corrected chi connectivity index (χ0v) is 17.0. The Morgan fingerprint density at radius 1 is 1.13 bits per heavy atom. The molecule has 4 rings (SSSR count). The molecule has 2 amide bonds. The van der Waals surface area contributed by atoms with Gasteiger partial charge in [-0.25, -0.2) is 4.68 Å². The topological polar surface area (TPSA) is 107 Å². The number of benzene rings is 2. The smallest absolute Gasteiger partial charge is 0.278 e. The van der Waals surface area contributed by atoms with Crippen LogP contribution in [0.15, 0.2) is 36.4 Å². The monoisotopic (exact) mass is 427 g/mol. The molecule has 0 unspecified atom stereocenters. The van der Waals surface area contributed by atoms with Crippen LogP contribution in [0.4, 0.5) is 11.4 Å². The minimum atomic E-state index is -0.430. The number of aromatic nitrogens is 3. The van der Waals surface area contributed by atoms with E-state index in [2.05, 4.69) is 20.9 Å². The van der Waals surface area contributed by atoms with Gasteiger partial charge in [-0.15, -0.1) is 5.10 Å². The molecule has 1 aliphatic heterocycles. The van der Waals surface area contributed by atoms with Crippen molar-refractivity contribution >= 4 is 34.8 Å². The summed E-state index contributed by atoms with van der Waals surface area (Å²) in [6, 6.07) is 10.4. The van der Waals surface area contributed by atoms with E-state index in [4.69, 9.17) is 21.1 Å². The molecule has 0 atom stereocenters. The van der Waals surface area contributed by atoms with E-state index in [1.54, 1.807) is 43.3 Å². The maximum Gasteiger partial charge on any atom is 0.278 e. The number of amides is 2. The van der Waals surface area contributed by atoms with E-state index in [-0.39, 0.29) is 24.9 Å². The number of hydrogen-bond acceptors (Lipinski definition) is 6. The van der Waals surface area contributed by atoms with E-state index in [9.17, 15) is 9.59 Å². The van der Waals surface area contributed by atoms with E-state index >= 15 is 0 Å². The number of rotatable bonds is 5. The van der Waals surface area contributed by atoms with Crippen LogP contribution in [0.1, 0.15) is 21.7 Å². The van der Waals surface area contributed by atoms with E-state index in [1.807, 2.05) is 6.92 Å². The summed E-state index contributed by atoms with van der Waals surface area (Å²) >= 11 is 6.09. The number of anilines is 2. The van der Waals surface area contributed by atoms with Crippen LogP contribution in [-0.4, -0.2) is 33.6 Å². The van der Waals surface area contributed by atoms with Crippen molar-refractivity contribution in [3.63, 3.8) is 0 Å². The van der Waals surface area contributed by atoms with Crippen molar-refractivity contribution in [1.82, 2.24) is 15.0 Å². The lowest BCUT2D eigenvalue weighted by Gasteiger charge is -2.09. The highest BCUT2D eigenvalue weighted by atomic mass is 35.5. The highest BCUT2D eigenvalue weighted by Crippen LogP contribution is 2.34. The lowest BCUT2D eigenvalue weighted by atomic mass is 10.2. The normalized spacial score (nSPS) is 12.0. The van der Waals surface area contributed by atoms with Crippen LogP contribution < -0.4 is 20.1 Å². The van der Waals surface area contributed by atoms with Gasteiger partial charge in [0.05, 0.1) is 5.69 Å². The summed E-state index contributed by atoms with van der Waals surface area (Å²) in [5.41, 5.74) is 2.50. The number of carbonyl (C=O) groups is 2. The van der Waals surface area contributed by atoms with Crippen molar-refractivity contribution < 1.29 is 19.1 Å². The Hall–Kier alpha value is -3.59. The van der Waals surface area contributed by atoms with Gasteiger partial charge in [0.2, 0.25) is 12.7 Å². The Balaban J connectivity index is 1.43. The average molecular weight is 428 g/mol. The minimum Gasteiger partial charge on any atom is -0.454 e. The van der Waals surface area contributed by atoms with Crippen molar-refractivity contribution in [3.05, 3.63) is 58.4 Å². The number of carbonyl (C=O) groups excluding carboxylic acids is 2. The van der Waals surface area contributed by atoms with Gasteiger partial charge in [-0.3, -0.25) is 9.59 Å². The molecule has 0 aliphatic carbocycles. The lowest BCUT2D eigenvalue weighted by Crippen LogP contribution is -2.21. The third kappa shape index (κ3) is 3.92. The van der Waals surface area contributed by atoms with Crippen LogP contribution in [0.5, 0.6) is 11.5 Å². The Morgan fingerprint density at radius 2 is 1.93 bits per heavy atom. The molecule has 2 aromatic carbocycles. The number of halogens is 1. The highest BCUT2D eigenvalue weighted by Gasteiger charge is 2.20. The van der Waals surface area contributed by atoms with Gasteiger partial charge in [0.25, 0.3) is 5.91 Å². The van der Waals surface area contributed by atoms with E-state index in [0.29, 0.717) is 33.6 Å². The molecule has 3 aromatic rings. The fourth-order valence-electron chi connectivity index (χ4n) is 2.96. The highest BCUT2D eigenvalue weighted by molar-refractivity contribution is 6.31. The summed E-state index contributed by atoms with van der Waals surface area (Å²) in [6.07, 6.45) is 0. The molecular weight excluding hydrogens is 410 g/mol. The van der Waals surface area contributed by atoms with Crippen LogP contribution in [0, 0.1) is 13.8 Å². The molecule has 154 valence electrons. The molecule has 0 spiro atoms. The predicted octanol–water partition coefficient (Wildman–Crippen LogP) is 3.17. The molecule has 2 heterocycles. The summed E-state index contributed by atoms with van der Waals surface area (Å²) in [4.78, 5) is 25.0. The first kappa shape index (κ1) is 19.7. The SMILES string of the molecule is Cc1c(Cl)cccc1NC(=O)c1nnn(CC(=O)Nc2ccc3c(c2)OCO3)c1C. The lowest BCUT2D eigenvalue weighted by molar-refractivity contribution is -0.117. The molecule has 1 aromatic heterocycles. The van der Waals surface area contributed by atoms with Gasteiger partial charge in [0.15, 0.2) is 17.2 Å². The number of ether oxygens (including phenoxy) is 2. The van der Waals surface area contributed by atoms with Crippen LogP contribution in [0.2, 0.25) is 5.02 Å². The summed E-state index contributed by atoms with van der Waals surface area (Å²) in [5.74, 6) is 0.450. The molecule has 9 nitrogen and oxygen atoms in total. The summed E-state index contributed by atoms with van der Waals surface area (Å²) in [5, 5.41) is 13.9. The minimum absolute atomic E-state index is 0.100. The Kier molecular flexibility index (Phi) is 5.28. The van der Waals surface area contributed by atoms with Gasteiger partial charge in [0, 0.05) is 22.5 Å². The fraction of sp³-hybridized carbons (Fsp3) is 0.200. The van der Waals surface area contributed by atoms with Gasteiger partial charge < -0.3 is 20.1 Å². The van der Waals surface area contributed by atoms with Crippen molar-refractivity contribution in [1.29, 1.82) is 0 Å². The van der Waals surface area contributed by atoms with Crippen LogP contribution in [0.3, 0.4) is 0 Å². The molecule has 1 aliphatic rings. The van der Waals surface area contributed by atoms with Crippen molar-refractivity contribution in [2.24, 2.45) is 0 Å². The first-order valence-electron chi connectivity index (χ1n) is 9.08. The fourth-order valence-corrected chi connectivity index (χ4v) is 3.13. The maximum atomic E-state index is 12.6. The Labute approximate surface area is 176 Å². The molecule has 0 fully saturated rings. The zero-order chi connectivity index (χ0) is 21.3. The quantitative estimate of drug-likeness (QED) is 0.647. The van der Waals surface area contributed by atoms with Gasteiger partial charge in [-0.1, -0.05) is 22.9 Å². The molecule has 0 bridgehead atoms. The third-order valence-electron chi connectivity index (χ3n) is 4.66.